The third-order valence-corrected chi connectivity index (χ3v) is 7.71. The number of ether oxygens (including phenoxy) is 7. The summed E-state index contributed by atoms with van der Waals surface area (Å²) in [6.07, 6.45) is -3.57. The minimum absolute atomic E-state index is 0.0771. The van der Waals surface area contributed by atoms with Gasteiger partial charge in [0.1, 0.15) is 28.9 Å². The highest BCUT2D eigenvalue weighted by atomic mass is 16.6. The molecular weight excluding hydrogens is 826 g/mol. The molecule has 21 heteroatoms. The predicted octanol–water partition coefficient (Wildman–Crippen LogP) is 4.09. The monoisotopic (exact) mass is 898 g/mol. The molecule has 1 aromatic carbocycles. The molecule has 0 spiro atoms. The maximum atomic E-state index is 13.4. The molecule has 0 heterocycles. The molecule has 21 nitrogen and oxygen atoms in total. The van der Waals surface area contributed by atoms with Gasteiger partial charge in [0.25, 0.3) is 0 Å². The molecule has 0 radical (unpaired) electrons. The number of alkyl carbamates (subject to hydrolysis) is 2. The first-order chi connectivity index (χ1) is 29.4. The summed E-state index contributed by atoms with van der Waals surface area (Å²) in [7, 11) is 0. The number of rotatable bonds is 23. The Morgan fingerprint density at radius 3 is 1.38 bits per heavy atom. The van der Waals surface area contributed by atoms with Gasteiger partial charge in [-0.05, 0) is 81.7 Å². The van der Waals surface area contributed by atoms with E-state index in [-0.39, 0.29) is 97.6 Å². The first kappa shape index (κ1) is 55.6. The van der Waals surface area contributed by atoms with Gasteiger partial charge in [-0.25, -0.2) is 30.0 Å². The van der Waals surface area contributed by atoms with Crippen LogP contribution in [-0.4, -0.2) is 140 Å². The van der Waals surface area contributed by atoms with Crippen molar-refractivity contribution in [1.29, 1.82) is 0 Å². The van der Waals surface area contributed by atoms with Crippen LogP contribution in [0.5, 0.6) is 0 Å². The van der Waals surface area contributed by atoms with Crippen molar-refractivity contribution in [2.45, 2.75) is 124 Å². The fourth-order valence-corrected chi connectivity index (χ4v) is 4.99. The van der Waals surface area contributed by atoms with Crippen molar-refractivity contribution in [2.24, 2.45) is 0 Å². The van der Waals surface area contributed by atoms with Gasteiger partial charge in [0.15, 0.2) is 0 Å². The van der Waals surface area contributed by atoms with Crippen molar-refractivity contribution in [3.63, 3.8) is 0 Å². The van der Waals surface area contributed by atoms with E-state index in [9.17, 15) is 33.6 Å². The van der Waals surface area contributed by atoms with Gasteiger partial charge >= 0.3 is 24.4 Å². The summed E-state index contributed by atoms with van der Waals surface area (Å²) in [4.78, 5) is 88.6. The van der Waals surface area contributed by atoms with Gasteiger partial charge in [-0.2, -0.15) is 0 Å². The summed E-state index contributed by atoms with van der Waals surface area (Å²) in [6, 6.07) is 8.95. The van der Waals surface area contributed by atoms with Crippen LogP contribution >= 0.6 is 0 Å². The van der Waals surface area contributed by atoms with Crippen molar-refractivity contribution in [3.8, 4) is 0 Å². The van der Waals surface area contributed by atoms with Crippen molar-refractivity contribution in [3.05, 3.63) is 35.9 Å². The van der Waals surface area contributed by atoms with E-state index >= 15 is 0 Å². The topological polar surface area (TPSA) is 251 Å². The van der Waals surface area contributed by atoms with Crippen LogP contribution in [0.1, 0.15) is 101 Å². The average Bonchev–Trinajstić information content (AvgIpc) is 3.17. The lowest BCUT2D eigenvalue weighted by Gasteiger charge is -2.34. The molecule has 0 saturated heterocycles. The summed E-state index contributed by atoms with van der Waals surface area (Å²) < 4.78 is 39.0. The Morgan fingerprint density at radius 2 is 0.952 bits per heavy atom. The number of amides is 7. The molecule has 0 aliphatic carbocycles. The number of hydrogen-bond acceptors (Lipinski definition) is 14. The van der Waals surface area contributed by atoms with Gasteiger partial charge in [0, 0.05) is 32.6 Å². The molecule has 0 unspecified atom stereocenters. The molecular formula is C42H71N7O14. The Kier molecular flexibility index (Phi) is 24.4. The molecule has 0 aliphatic heterocycles. The van der Waals surface area contributed by atoms with Gasteiger partial charge in [-0.1, -0.05) is 30.3 Å². The van der Waals surface area contributed by atoms with Crippen molar-refractivity contribution >= 4 is 42.1 Å². The Bertz CT molecular complexity index is 1540. The number of nitrogens with zero attached hydrogens (tertiary/aromatic N) is 2. The lowest BCUT2D eigenvalue weighted by atomic mass is 10.0. The maximum absolute atomic E-state index is 13.4. The lowest BCUT2D eigenvalue weighted by molar-refractivity contribution is -0.135. The van der Waals surface area contributed by atoms with Crippen LogP contribution in [0.15, 0.2) is 30.3 Å². The highest BCUT2D eigenvalue weighted by Crippen LogP contribution is 2.14. The summed E-state index contributed by atoms with van der Waals surface area (Å²) in [5.74, 6) is -1.35. The fourth-order valence-electron chi connectivity index (χ4n) is 4.99. The number of nitrogens with one attached hydrogen (secondary N) is 5. The van der Waals surface area contributed by atoms with Crippen LogP contribution in [0.25, 0.3) is 0 Å². The van der Waals surface area contributed by atoms with Crippen LogP contribution in [0.2, 0.25) is 0 Å². The first-order valence-corrected chi connectivity index (χ1v) is 20.9. The molecule has 63 heavy (non-hydrogen) atoms. The minimum atomic E-state index is -1.51. The third kappa shape index (κ3) is 27.3. The van der Waals surface area contributed by atoms with Crippen LogP contribution in [0, 0.1) is 0 Å². The Morgan fingerprint density at radius 1 is 0.540 bits per heavy atom. The average molecular weight is 898 g/mol. The van der Waals surface area contributed by atoms with Gasteiger partial charge in [-0.3, -0.25) is 24.4 Å². The van der Waals surface area contributed by atoms with Crippen molar-refractivity contribution in [1.82, 2.24) is 36.8 Å². The van der Waals surface area contributed by atoms with Gasteiger partial charge < -0.3 is 49.1 Å². The van der Waals surface area contributed by atoms with E-state index in [1.54, 1.807) is 100 Å². The lowest BCUT2D eigenvalue weighted by Crippen LogP contribution is -2.59. The van der Waals surface area contributed by atoms with Crippen molar-refractivity contribution in [2.75, 3.05) is 65.8 Å². The molecule has 7 amide bonds. The second-order valence-electron chi connectivity index (χ2n) is 17.2. The minimum Gasteiger partial charge on any atom is -0.445 e. The molecule has 0 atom stereocenters. The smallest absolute Gasteiger partial charge is 0.426 e. The fraction of sp³-hybridized carbons (Fsp3) is 0.690. The molecule has 1 aromatic rings. The van der Waals surface area contributed by atoms with E-state index in [2.05, 4.69) is 26.8 Å². The highest BCUT2D eigenvalue weighted by molar-refractivity contribution is 5.80. The zero-order valence-corrected chi connectivity index (χ0v) is 38.9. The van der Waals surface area contributed by atoms with E-state index < -0.39 is 58.5 Å². The first-order valence-electron chi connectivity index (χ1n) is 20.9. The Hall–Kier alpha value is -5.41. The zero-order chi connectivity index (χ0) is 47.7. The molecule has 0 saturated carbocycles. The predicted molar refractivity (Wildman–Crippen MR) is 230 cm³/mol. The second-order valence-corrected chi connectivity index (χ2v) is 17.2. The van der Waals surface area contributed by atoms with Crippen LogP contribution in [0.3, 0.4) is 0 Å². The second kappa shape index (κ2) is 27.6. The molecule has 0 bridgehead atoms. The molecule has 1 rings (SSSR count). The Labute approximate surface area is 371 Å². The highest BCUT2D eigenvalue weighted by Gasteiger charge is 2.35. The van der Waals surface area contributed by atoms with Gasteiger partial charge in [0.2, 0.25) is 17.7 Å². The van der Waals surface area contributed by atoms with E-state index in [4.69, 9.17) is 33.2 Å². The summed E-state index contributed by atoms with van der Waals surface area (Å²) in [5, 5.41) is 10.2. The van der Waals surface area contributed by atoms with Gasteiger partial charge in [0.05, 0.1) is 52.5 Å². The van der Waals surface area contributed by atoms with E-state index in [1.807, 2.05) is 6.07 Å². The summed E-state index contributed by atoms with van der Waals surface area (Å²) >= 11 is 0. The summed E-state index contributed by atoms with van der Waals surface area (Å²) in [6.45, 7) is 17.8. The van der Waals surface area contributed by atoms with E-state index in [1.165, 1.54) is 0 Å². The van der Waals surface area contributed by atoms with Crippen LogP contribution in [-0.2, 0) is 54.1 Å². The number of carbonyl (C=O) groups excluding carboxylic acids is 7. The SMILES string of the molecule is CCN(NC(=O)OC(C)(C)C)C(=O)CCOCC(COCCC(=O)NCCNC(=O)OC(C)(C)C)(COCCC(=O)N(CC)NC(=O)OC(C)(C)C)NC(=O)OCc1ccccc1. The normalized spacial score (nSPS) is 11.7. The maximum Gasteiger partial charge on any atom is 0.426 e. The largest absolute Gasteiger partial charge is 0.445 e. The number of carbonyl (C=O) groups is 7. The van der Waals surface area contributed by atoms with Crippen LogP contribution < -0.4 is 26.8 Å². The molecule has 0 fully saturated rings. The standard InChI is InChI=1S/C42H71N7O14/c1-12-48(46-37(55)62-40(6,7)8)33(51)20-25-58-29-42(45-36(54)60-27-31-17-15-14-16-18-31,28-57-24-19-32(50)43-22-23-44-35(53)61-39(3,4)5)30-59-26-21-34(52)49(13-2)47-38(56)63-41(9,10)11/h14-18H,12-13,19-30H2,1-11H3,(H,43,50)(H,44,53)(H,45,54)(H,46,55)(H,47,56). The summed E-state index contributed by atoms with van der Waals surface area (Å²) in [5.41, 5.74) is 1.79. The molecule has 0 aliphatic rings. The Balaban J connectivity index is 3.15. The molecule has 0 aromatic heterocycles. The number of hydrazine groups is 2. The quantitative estimate of drug-likeness (QED) is 0.0590. The van der Waals surface area contributed by atoms with E-state index in [0.717, 1.165) is 10.0 Å². The van der Waals surface area contributed by atoms with E-state index in [0.29, 0.717) is 5.56 Å². The van der Waals surface area contributed by atoms with Crippen molar-refractivity contribution < 1.29 is 66.7 Å². The van der Waals surface area contributed by atoms with Crippen LogP contribution in [0.4, 0.5) is 19.2 Å². The number of hydrogen-bond donors (Lipinski definition) is 5. The van der Waals surface area contributed by atoms with Gasteiger partial charge in [-0.15, -0.1) is 0 Å². The third-order valence-electron chi connectivity index (χ3n) is 7.71. The molecule has 5 N–H and O–H groups in total. The zero-order valence-electron chi connectivity index (χ0n) is 38.9. The molecule has 358 valence electrons. The number of benzene rings is 1.